The zero-order valence-corrected chi connectivity index (χ0v) is 19.4. The Bertz CT molecular complexity index is 1140. The molecular weight excluding hydrogens is 438 g/mol. The molecule has 1 fully saturated rings. The lowest BCUT2D eigenvalue weighted by Crippen LogP contribution is -2.20. The van der Waals surface area contributed by atoms with Crippen molar-refractivity contribution >= 4 is 34.9 Å². The van der Waals surface area contributed by atoms with Crippen molar-refractivity contribution in [2.24, 2.45) is 0 Å². The minimum Gasteiger partial charge on any atom is -0.320 e. The number of nitrogens with one attached hydrogen (secondary N) is 2. The van der Waals surface area contributed by atoms with E-state index in [2.05, 4.69) is 39.6 Å². The molecule has 2 N–H and O–H groups in total. The second-order valence-electron chi connectivity index (χ2n) is 8.60. The number of nitrogens with zero attached hydrogens (tertiary/aromatic N) is 3. The van der Waals surface area contributed by atoms with E-state index in [1.165, 1.54) is 37.0 Å². The van der Waals surface area contributed by atoms with E-state index in [9.17, 15) is 9.59 Å². The fraction of sp³-hybridized carbons (Fsp3) is 0.280. The highest BCUT2D eigenvalue weighted by Crippen LogP contribution is 2.51. The average Bonchev–Trinajstić information content (AvgIpc) is 3.61. The summed E-state index contributed by atoms with van der Waals surface area (Å²) >= 11 is 5.84. The second kappa shape index (κ2) is 9.68. The summed E-state index contributed by atoms with van der Waals surface area (Å²) in [6, 6.07) is 12.6. The first kappa shape index (κ1) is 22.9. The van der Waals surface area contributed by atoms with Gasteiger partial charge in [0.1, 0.15) is 5.82 Å². The lowest BCUT2D eigenvalue weighted by Gasteiger charge is -2.19. The van der Waals surface area contributed by atoms with Crippen molar-refractivity contribution in [3.63, 3.8) is 0 Å². The molecule has 2 aromatic heterocycles. The van der Waals surface area contributed by atoms with E-state index in [-0.39, 0.29) is 16.9 Å². The molecule has 2 amide bonds. The molecule has 0 atom stereocenters. The van der Waals surface area contributed by atoms with Crippen molar-refractivity contribution < 1.29 is 9.59 Å². The number of aromatic nitrogens is 2. The smallest absolute Gasteiger partial charge is 0.259 e. The largest absolute Gasteiger partial charge is 0.320 e. The molecule has 3 aromatic rings. The Kier molecular flexibility index (Phi) is 6.72. The Labute approximate surface area is 198 Å². The zero-order chi connectivity index (χ0) is 23.4. The molecule has 170 valence electrons. The van der Waals surface area contributed by atoms with Crippen molar-refractivity contribution in [2.75, 3.05) is 31.3 Å². The third-order valence-corrected chi connectivity index (χ3v) is 6.16. The number of anilines is 2. The van der Waals surface area contributed by atoms with Gasteiger partial charge in [-0.05, 0) is 81.2 Å². The van der Waals surface area contributed by atoms with E-state index in [0.29, 0.717) is 22.1 Å². The molecular formula is C25H26ClN5O2. The average molecular weight is 464 g/mol. The van der Waals surface area contributed by atoms with E-state index < -0.39 is 5.91 Å². The van der Waals surface area contributed by atoms with E-state index in [1.807, 2.05) is 24.3 Å². The first-order chi connectivity index (χ1) is 15.9. The van der Waals surface area contributed by atoms with Gasteiger partial charge in [0.05, 0.1) is 22.5 Å². The number of hydrogen-bond acceptors (Lipinski definition) is 5. The summed E-state index contributed by atoms with van der Waals surface area (Å²) in [7, 11) is 4.17. The molecule has 1 saturated carbocycles. The Morgan fingerprint density at radius 1 is 1.00 bits per heavy atom. The van der Waals surface area contributed by atoms with Gasteiger partial charge in [-0.25, -0.2) is 4.98 Å². The van der Waals surface area contributed by atoms with Crippen LogP contribution in [0.15, 0.2) is 61.1 Å². The van der Waals surface area contributed by atoms with Gasteiger partial charge >= 0.3 is 0 Å². The maximum atomic E-state index is 12.9. The maximum Gasteiger partial charge on any atom is 0.259 e. The summed E-state index contributed by atoms with van der Waals surface area (Å²) in [4.78, 5) is 35.9. The van der Waals surface area contributed by atoms with Crippen molar-refractivity contribution in [1.82, 2.24) is 14.9 Å². The lowest BCUT2D eigenvalue weighted by molar-refractivity contribution is 0.102. The van der Waals surface area contributed by atoms with Crippen LogP contribution in [0.2, 0.25) is 5.02 Å². The molecule has 0 radical (unpaired) electrons. The van der Waals surface area contributed by atoms with Crippen LogP contribution in [0.3, 0.4) is 0 Å². The Hall–Kier alpha value is -3.29. The molecule has 0 unspecified atom stereocenters. The highest BCUT2D eigenvalue weighted by molar-refractivity contribution is 6.30. The van der Waals surface area contributed by atoms with Crippen molar-refractivity contribution in [3.05, 3.63) is 82.8 Å². The second-order valence-corrected chi connectivity index (χ2v) is 9.04. The zero-order valence-electron chi connectivity index (χ0n) is 18.6. The van der Waals surface area contributed by atoms with E-state index in [0.717, 1.165) is 13.0 Å². The highest BCUT2D eigenvalue weighted by atomic mass is 35.5. The van der Waals surface area contributed by atoms with Crippen molar-refractivity contribution in [1.29, 1.82) is 0 Å². The fourth-order valence-corrected chi connectivity index (χ4v) is 3.88. The number of rotatable bonds is 8. The molecule has 0 spiro atoms. The van der Waals surface area contributed by atoms with Gasteiger partial charge in [-0.3, -0.25) is 14.6 Å². The van der Waals surface area contributed by atoms with Crippen LogP contribution >= 0.6 is 11.6 Å². The van der Waals surface area contributed by atoms with Gasteiger partial charge in [0.2, 0.25) is 0 Å². The van der Waals surface area contributed by atoms with Crippen LogP contribution in [0.4, 0.5) is 11.5 Å². The number of pyridine rings is 2. The monoisotopic (exact) mass is 463 g/mol. The van der Waals surface area contributed by atoms with E-state index in [1.54, 1.807) is 18.2 Å². The SMILES string of the molecule is CN(C)CCC1(c2ccc(C(=O)Nc3cnccc3C(=O)Nc3ccc(Cl)cn3)cc2)CC1. The first-order valence-electron chi connectivity index (χ1n) is 10.8. The molecule has 7 nitrogen and oxygen atoms in total. The van der Waals surface area contributed by atoms with E-state index in [4.69, 9.17) is 11.6 Å². The Balaban J connectivity index is 1.44. The summed E-state index contributed by atoms with van der Waals surface area (Å²) in [5.74, 6) is -0.349. The molecule has 0 saturated heterocycles. The molecule has 33 heavy (non-hydrogen) atoms. The predicted molar refractivity (Wildman–Crippen MR) is 130 cm³/mol. The topological polar surface area (TPSA) is 87.2 Å². The lowest BCUT2D eigenvalue weighted by atomic mass is 9.91. The molecule has 1 aromatic carbocycles. The predicted octanol–water partition coefficient (Wildman–Crippen LogP) is 4.62. The molecule has 0 aliphatic heterocycles. The van der Waals surface area contributed by atoms with Gasteiger partial charge in [0, 0.05) is 18.0 Å². The minimum absolute atomic E-state index is 0.240. The third-order valence-electron chi connectivity index (χ3n) is 5.93. The summed E-state index contributed by atoms with van der Waals surface area (Å²) in [5, 5.41) is 5.98. The van der Waals surface area contributed by atoms with Crippen molar-refractivity contribution in [2.45, 2.75) is 24.7 Å². The minimum atomic E-state index is -0.408. The number of halogens is 1. The third kappa shape index (κ3) is 5.56. The Morgan fingerprint density at radius 2 is 1.76 bits per heavy atom. The van der Waals surface area contributed by atoms with Gasteiger partial charge < -0.3 is 15.5 Å². The van der Waals surface area contributed by atoms with Crippen LogP contribution in [0.1, 0.15) is 45.5 Å². The Morgan fingerprint density at radius 3 is 2.39 bits per heavy atom. The molecule has 1 aliphatic rings. The van der Waals surface area contributed by atoms with Gasteiger partial charge in [0.15, 0.2) is 0 Å². The quantitative estimate of drug-likeness (QED) is 0.509. The number of carbonyl (C=O) groups is 2. The normalized spacial score (nSPS) is 14.1. The molecule has 1 aliphatic carbocycles. The maximum absolute atomic E-state index is 12.9. The van der Waals surface area contributed by atoms with Gasteiger partial charge in [-0.2, -0.15) is 0 Å². The molecule has 4 rings (SSSR count). The molecule has 2 heterocycles. The van der Waals surface area contributed by atoms with Crippen LogP contribution in [0.25, 0.3) is 0 Å². The highest BCUT2D eigenvalue weighted by Gasteiger charge is 2.43. The number of hydrogen-bond donors (Lipinski definition) is 2. The summed E-state index contributed by atoms with van der Waals surface area (Å²) in [5.41, 5.74) is 2.65. The van der Waals surface area contributed by atoms with Gasteiger partial charge in [-0.15, -0.1) is 0 Å². The van der Waals surface area contributed by atoms with Crippen LogP contribution in [-0.4, -0.2) is 47.3 Å². The number of carbonyl (C=O) groups excluding carboxylic acids is 2. The van der Waals surface area contributed by atoms with Crippen LogP contribution in [0, 0.1) is 0 Å². The van der Waals surface area contributed by atoms with Gasteiger partial charge in [0.25, 0.3) is 11.8 Å². The molecule has 8 heteroatoms. The van der Waals surface area contributed by atoms with Gasteiger partial charge in [-0.1, -0.05) is 23.7 Å². The first-order valence-corrected chi connectivity index (χ1v) is 11.2. The number of benzene rings is 1. The summed E-state index contributed by atoms with van der Waals surface area (Å²) in [6.45, 7) is 1.04. The van der Waals surface area contributed by atoms with E-state index >= 15 is 0 Å². The number of amides is 2. The van der Waals surface area contributed by atoms with Crippen molar-refractivity contribution in [3.8, 4) is 0 Å². The molecule has 0 bridgehead atoms. The standard InChI is InChI=1S/C25H26ClN5O2/c1-31(2)14-12-25(10-11-25)18-5-3-17(4-6-18)23(32)29-21-16-27-13-9-20(21)24(33)30-22-8-7-19(26)15-28-22/h3-9,13,15-16H,10-12,14H2,1-2H3,(H,29,32)(H,28,30,33). The van der Waals surface area contributed by atoms with Crippen LogP contribution in [0.5, 0.6) is 0 Å². The summed E-state index contributed by atoms with van der Waals surface area (Å²) < 4.78 is 0. The fourth-order valence-electron chi connectivity index (χ4n) is 3.77. The van der Waals surface area contributed by atoms with Crippen LogP contribution < -0.4 is 10.6 Å². The summed E-state index contributed by atoms with van der Waals surface area (Å²) in [6.07, 6.45) is 7.88. The van der Waals surface area contributed by atoms with Crippen LogP contribution in [-0.2, 0) is 5.41 Å².